The highest BCUT2D eigenvalue weighted by Crippen LogP contribution is 2.25. The molecule has 4 heterocycles. The number of imidazole rings is 1. The summed E-state index contributed by atoms with van der Waals surface area (Å²) >= 11 is 0. The summed E-state index contributed by atoms with van der Waals surface area (Å²) in [6, 6.07) is 10.1. The van der Waals surface area contributed by atoms with Crippen molar-refractivity contribution < 1.29 is 9.21 Å². The average molecular weight is 389 g/mol. The van der Waals surface area contributed by atoms with E-state index in [4.69, 9.17) is 4.42 Å². The number of hydrogen-bond acceptors (Lipinski definition) is 5. The SMILES string of the molecule is Cc1nc2cc(-c3ccc4ncc(C(=O)NC5CCN(C)CC5)n4c3)ccc2o1. The van der Waals surface area contributed by atoms with E-state index >= 15 is 0 Å². The topological polar surface area (TPSA) is 75.7 Å². The average Bonchev–Trinajstić information content (AvgIpc) is 3.30. The van der Waals surface area contributed by atoms with Crippen LogP contribution in [0.4, 0.5) is 0 Å². The summed E-state index contributed by atoms with van der Waals surface area (Å²) in [4.78, 5) is 24.0. The van der Waals surface area contributed by atoms with Crippen molar-refractivity contribution in [2.24, 2.45) is 0 Å². The van der Waals surface area contributed by atoms with Gasteiger partial charge in [0.2, 0.25) is 0 Å². The predicted octanol–water partition coefficient (Wildman–Crippen LogP) is 3.27. The van der Waals surface area contributed by atoms with E-state index in [2.05, 4.69) is 27.2 Å². The van der Waals surface area contributed by atoms with Crippen LogP contribution in [0.3, 0.4) is 0 Å². The Morgan fingerprint density at radius 3 is 2.79 bits per heavy atom. The van der Waals surface area contributed by atoms with Crippen LogP contribution in [0.25, 0.3) is 27.9 Å². The maximum Gasteiger partial charge on any atom is 0.270 e. The lowest BCUT2D eigenvalue weighted by Crippen LogP contribution is -2.43. The first-order valence-electron chi connectivity index (χ1n) is 9.91. The van der Waals surface area contributed by atoms with Gasteiger partial charge in [-0.1, -0.05) is 6.07 Å². The highest BCUT2D eigenvalue weighted by Gasteiger charge is 2.21. The Morgan fingerprint density at radius 1 is 1.17 bits per heavy atom. The van der Waals surface area contributed by atoms with Crippen molar-refractivity contribution in [2.45, 2.75) is 25.8 Å². The smallest absolute Gasteiger partial charge is 0.270 e. The minimum Gasteiger partial charge on any atom is -0.441 e. The summed E-state index contributed by atoms with van der Waals surface area (Å²) in [7, 11) is 2.11. The molecule has 0 bridgehead atoms. The van der Waals surface area contributed by atoms with Gasteiger partial charge in [0.1, 0.15) is 16.9 Å². The number of pyridine rings is 1. The van der Waals surface area contributed by atoms with Gasteiger partial charge in [-0.25, -0.2) is 9.97 Å². The summed E-state index contributed by atoms with van der Waals surface area (Å²) in [6.07, 6.45) is 5.55. The summed E-state index contributed by atoms with van der Waals surface area (Å²) in [5.41, 5.74) is 4.91. The molecule has 1 amide bonds. The zero-order chi connectivity index (χ0) is 20.0. The summed E-state index contributed by atoms with van der Waals surface area (Å²) in [6.45, 7) is 3.85. The number of rotatable bonds is 3. The first kappa shape index (κ1) is 17.9. The van der Waals surface area contributed by atoms with E-state index in [-0.39, 0.29) is 11.9 Å². The van der Waals surface area contributed by atoms with Crippen LogP contribution in [-0.4, -0.2) is 51.4 Å². The fraction of sp³-hybridized carbons (Fsp3) is 0.318. The number of piperidine rings is 1. The number of nitrogens with zero attached hydrogens (tertiary/aromatic N) is 4. The second-order valence-corrected chi connectivity index (χ2v) is 7.76. The van der Waals surface area contributed by atoms with Gasteiger partial charge in [0.25, 0.3) is 5.91 Å². The van der Waals surface area contributed by atoms with Crippen molar-refractivity contribution in [3.8, 4) is 11.1 Å². The normalized spacial score (nSPS) is 15.9. The number of hydrogen-bond donors (Lipinski definition) is 1. The third kappa shape index (κ3) is 3.38. The number of carbonyl (C=O) groups is 1. The standard InChI is InChI=1S/C22H23N5O2/c1-14-24-18-11-15(3-5-20(18)29-14)16-4-6-21-23-12-19(27(21)13-16)22(28)25-17-7-9-26(2)10-8-17/h3-6,11-13,17H,7-10H2,1-2H3,(H,25,28). The number of benzene rings is 1. The van der Waals surface area contributed by atoms with E-state index in [9.17, 15) is 4.79 Å². The predicted molar refractivity (Wildman–Crippen MR) is 111 cm³/mol. The molecule has 0 saturated carbocycles. The van der Waals surface area contributed by atoms with E-state index in [1.807, 2.05) is 47.9 Å². The number of carbonyl (C=O) groups excluding carboxylic acids is 1. The molecule has 1 aliphatic rings. The maximum atomic E-state index is 12.9. The molecule has 1 fully saturated rings. The first-order chi connectivity index (χ1) is 14.1. The third-order valence-corrected chi connectivity index (χ3v) is 5.62. The zero-order valence-corrected chi connectivity index (χ0v) is 16.6. The Labute approximate surface area is 168 Å². The van der Waals surface area contributed by atoms with Gasteiger partial charge >= 0.3 is 0 Å². The van der Waals surface area contributed by atoms with Crippen molar-refractivity contribution in [3.63, 3.8) is 0 Å². The molecule has 148 valence electrons. The molecule has 0 unspecified atom stereocenters. The number of likely N-dealkylation sites (tertiary alicyclic amines) is 1. The molecule has 0 aliphatic carbocycles. The number of aromatic nitrogens is 3. The molecular weight excluding hydrogens is 366 g/mol. The lowest BCUT2D eigenvalue weighted by molar-refractivity contribution is 0.0911. The zero-order valence-electron chi connectivity index (χ0n) is 16.6. The molecule has 0 spiro atoms. The molecule has 4 aromatic rings. The Kier molecular flexibility index (Phi) is 4.32. The first-order valence-corrected chi connectivity index (χ1v) is 9.91. The number of nitrogens with one attached hydrogen (secondary N) is 1. The summed E-state index contributed by atoms with van der Waals surface area (Å²) < 4.78 is 7.42. The van der Waals surface area contributed by atoms with Gasteiger partial charge in [0.05, 0.1) is 6.20 Å². The van der Waals surface area contributed by atoms with Crippen LogP contribution < -0.4 is 5.32 Å². The van der Waals surface area contributed by atoms with Crippen LogP contribution in [0, 0.1) is 6.92 Å². The van der Waals surface area contributed by atoms with Crippen molar-refractivity contribution in [3.05, 3.63) is 54.3 Å². The second-order valence-electron chi connectivity index (χ2n) is 7.76. The third-order valence-electron chi connectivity index (χ3n) is 5.62. The Bertz CT molecular complexity index is 1200. The fourth-order valence-corrected chi connectivity index (χ4v) is 3.95. The van der Waals surface area contributed by atoms with Crippen LogP contribution >= 0.6 is 0 Å². The molecule has 0 atom stereocenters. The number of fused-ring (bicyclic) bond motifs is 2. The molecule has 7 nitrogen and oxygen atoms in total. The fourth-order valence-electron chi connectivity index (χ4n) is 3.95. The Hall–Kier alpha value is -3.19. The molecule has 7 heteroatoms. The van der Waals surface area contributed by atoms with Gasteiger partial charge in [-0.3, -0.25) is 9.20 Å². The molecule has 5 rings (SSSR count). The lowest BCUT2D eigenvalue weighted by atomic mass is 10.1. The maximum absolute atomic E-state index is 12.9. The van der Waals surface area contributed by atoms with Crippen LogP contribution in [0.5, 0.6) is 0 Å². The van der Waals surface area contributed by atoms with Gasteiger partial charge in [0.15, 0.2) is 11.5 Å². The van der Waals surface area contributed by atoms with Crippen molar-refractivity contribution in [1.82, 2.24) is 24.6 Å². The van der Waals surface area contributed by atoms with E-state index in [0.29, 0.717) is 11.6 Å². The minimum atomic E-state index is -0.0771. The molecule has 29 heavy (non-hydrogen) atoms. The molecule has 1 aromatic carbocycles. The molecule has 0 radical (unpaired) electrons. The highest BCUT2D eigenvalue weighted by atomic mass is 16.3. The monoisotopic (exact) mass is 389 g/mol. The molecular formula is C22H23N5O2. The summed E-state index contributed by atoms with van der Waals surface area (Å²) in [5, 5.41) is 3.17. The highest BCUT2D eigenvalue weighted by molar-refractivity contribution is 5.93. The molecule has 1 aliphatic heterocycles. The van der Waals surface area contributed by atoms with E-state index in [1.165, 1.54) is 0 Å². The van der Waals surface area contributed by atoms with Crippen LogP contribution in [0.2, 0.25) is 0 Å². The number of aryl methyl sites for hydroxylation is 1. The second kappa shape index (κ2) is 7.00. The van der Waals surface area contributed by atoms with Crippen LogP contribution in [0.15, 0.2) is 47.1 Å². The van der Waals surface area contributed by atoms with E-state index in [1.54, 1.807) is 6.20 Å². The van der Waals surface area contributed by atoms with E-state index in [0.717, 1.165) is 53.8 Å². The molecule has 3 aromatic heterocycles. The van der Waals surface area contributed by atoms with Crippen LogP contribution in [0.1, 0.15) is 29.2 Å². The molecule has 1 saturated heterocycles. The van der Waals surface area contributed by atoms with Gasteiger partial charge in [0, 0.05) is 19.2 Å². The van der Waals surface area contributed by atoms with Crippen molar-refractivity contribution in [2.75, 3.05) is 20.1 Å². The largest absolute Gasteiger partial charge is 0.441 e. The van der Waals surface area contributed by atoms with Gasteiger partial charge < -0.3 is 14.6 Å². The van der Waals surface area contributed by atoms with Gasteiger partial charge in [-0.05, 0) is 68.4 Å². The van der Waals surface area contributed by atoms with Gasteiger partial charge in [-0.15, -0.1) is 0 Å². The van der Waals surface area contributed by atoms with Crippen LogP contribution in [-0.2, 0) is 0 Å². The summed E-state index contributed by atoms with van der Waals surface area (Å²) in [5.74, 6) is 0.571. The Balaban J connectivity index is 1.45. The minimum absolute atomic E-state index is 0.0771. The van der Waals surface area contributed by atoms with Gasteiger partial charge in [-0.2, -0.15) is 0 Å². The van der Waals surface area contributed by atoms with Crippen molar-refractivity contribution in [1.29, 1.82) is 0 Å². The van der Waals surface area contributed by atoms with Crippen molar-refractivity contribution >= 4 is 22.7 Å². The van der Waals surface area contributed by atoms with E-state index < -0.39 is 0 Å². The lowest BCUT2D eigenvalue weighted by Gasteiger charge is -2.29. The number of oxazole rings is 1. The quantitative estimate of drug-likeness (QED) is 0.582. The molecule has 1 N–H and O–H groups in total. The Morgan fingerprint density at radius 2 is 1.97 bits per heavy atom. The number of amides is 1.